The minimum atomic E-state index is -3.67. The van der Waals surface area contributed by atoms with Crippen molar-refractivity contribution in [2.75, 3.05) is 20.3 Å². The molecule has 0 spiro atoms. The third-order valence-corrected chi connectivity index (χ3v) is 6.65. The molecule has 0 bridgehead atoms. The fourth-order valence-corrected chi connectivity index (χ4v) is 5.04. The molecule has 1 amide bonds. The molecular weight excluding hydrogens is 426 g/mol. The van der Waals surface area contributed by atoms with Gasteiger partial charge in [0.25, 0.3) is 0 Å². The Bertz CT molecular complexity index is 979. The number of ether oxygens (including phenoxy) is 1. The maximum absolute atomic E-state index is 13.2. The van der Waals surface area contributed by atoms with E-state index in [1.54, 1.807) is 22.8 Å². The minimum absolute atomic E-state index is 0.0194. The Labute approximate surface area is 192 Å². The molecule has 7 nitrogen and oxygen atoms in total. The number of nitrogens with zero attached hydrogens (tertiary/aromatic N) is 3. The van der Waals surface area contributed by atoms with E-state index in [0.717, 1.165) is 5.56 Å². The molecule has 0 fully saturated rings. The second kappa shape index (κ2) is 11.6. The predicted octanol–water partition coefficient (Wildman–Crippen LogP) is 3.84. The van der Waals surface area contributed by atoms with Crippen LogP contribution in [0.2, 0.25) is 0 Å². The number of carbonyl (C=O) groups is 1. The molecule has 0 aliphatic carbocycles. The van der Waals surface area contributed by atoms with E-state index in [0.29, 0.717) is 49.8 Å². The maximum Gasteiger partial charge on any atom is 0.228 e. The second-order valence-corrected chi connectivity index (χ2v) is 11.1. The van der Waals surface area contributed by atoms with E-state index >= 15 is 0 Å². The smallest absolute Gasteiger partial charge is 0.228 e. The molecule has 0 saturated heterocycles. The minimum Gasteiger partial charge on any atom is -0.383 e. The van der Waals surface area contributed by atoms with Crippen LogP contribution in [0.15, 0.2) is 35.6 Å². The molecule has 0 N–H and O–H groups in total. The quantitative estimate of drug-likeness (QED) is 0.478. The van der Waals surface area contributed by atoms with Crippen molar-refractivity contribution in [1.82, 2.24) is 14.5 Å². The number of hydrogen-bond donors (Lipinski definition) is 0. The summed E-state index contributed by atoms with van der Waals surface area (Å²) in [6, 6.07) is 7.45. The molecule has 0 aliphatic heterocycles. The number of benzene rings is 1. The van der Waals surface area contributed by atoms with Gasteiger partial charge in [-0.25, -0.2) is 13.4 Å². The Morgan fingerprint density at radius 3 is 2.34 bits per heavy atom. The molecule has 0 saturated carbocycles. The lowest BCUT2D eigenvalue weighted by Crippen LogP contribution is -2.35. The number of sulfone groups is 1. The Balaban J connectivity index is 2.37. The first-order valence-electron chi connectivity index (χ1n) is 11.1. The van der Waals surface area contributed by atoms with Crippen molar-refractivity contribution in [3.8, 4) is 0 Å². The molecule has 0 unspecified atom stereocenters. The first-order chi connectivity index (χ1) is 15.0. The van der Waals surface area contributed by atoms with Crippen LogP contribution in [0, 0.1) is 18.8 Å². The van der Waals surface area contributed by atoms with Crippen molar-refractivity contribution in [3.63, 3.8) is 0 Å². The number of imidazole rings is 1. The summed E-state index contributed by atoms with van der Waals surface area (Å²) in [5.74, 6) is 0.489. The van der Waals surface area contributed by atoms with Gasteiger partial charge in [-0.1, -0.05) is 57.5 Å². The number of rotatable bonds is 12. The van der Waals surface area contributed by atoms with Gasteiger partial charge >= 0.3 is 0 Å². The molecule has 2 aromatic rings. The number of aryl methyl sites for hydroxylation is 1. The first-order valence-corrected chi connectivity index (χ1v) is 12.8. The van der Waals surface area contributed by atoms with Crippen molar-refractivity contribution < 1.29 is 17.9 Å². The van der Waals surface area contributed by atoms with Crippen molar-refractivity contribution in [1.29, 1.82) is 0 Å². The van der Waals surface area contributed by atoms with Crippen LogP contribution in [0.1, 0.15) is 50.9 Å². The molecule has 1 heterocycles. The fraction of sp³-hybridized carbons (Fsp3) is 0.583. The van der Waals surface area contributed by atoms with Crippen LogP contribution >= 0.6 is 0 Å². The zero-order valence-corrected chi connectivity index (χ0v) is 21.0. The zero-order chi connectivity index (χ0) is 23.9. The van der Waals surface area contributed by atoms with E-state index in [9.17, 15) is 13.2 Å². The van der Waals surface area contributed by atoms with Gasteiger partial charge < -0.3 is 14.2 Å². The third-order valence-electron chi connectivity index (χ3n) is 5.05. The monoisotopic (exact) mass is 463 g/mol. The summed E-state index contributed by atoms with van der Waals surface area (Å²) in [6.07, 6.45) is 2.03. The number of hydrogen-bond acceptors (Lipinski definition) is 5. The van der Waals surface area contributed by atoms with Gasteiger partial charge in [0.15, 0.2) is 0 Å². The molecule has 8 heteroatoms. The summed E-state index contributed by atoms with van der Waals surface area (Å²) >= 11 is 0. The number of amides is 1. The average Bonchev–Trinajstić information content (AvgIpc) is 3.10. The molecular formula is C24H37N3O4S. The molecule has 0 aliphatic rings. The van der Waals surface area contributed by atoms with Crippen LogP contribution in [0.25, 0.3) is 0 Å². The number of aromatic nitrogens is 2. The van der Waals surface area contributed by atoms with Crippen LogP contribution in [-0.4, -0.2) is 49.0 Å². The molecule has 1 aromatic carbocycles. The highest BCUT2D eigenvalue weighted by Gasteiger charge is 2.26. The molecule has 0 radical (unpaired) electrons. The normalized spacial score (nSPS) is 12.0. The van der Waals surface area contributed by atoms with Gasteiger partial charge in [0, 0.05) is 26.6 Å². The van der Waals surface area contributed by atoms with Gasteiger partial charge in [-0.05, 0) is 24.3 Å². The lowest BCUT2D eigenvalue weighted by atomic mass is 10.1. The molecule has 178 valence electrons. The van der Waals surface area contributed by atoms with Crippen LogP contribution < -0.4 is 0 Å². The summed E-state index contributed by atoms with van der Waals surface area (Å²) in [7, 11) is -2.09. The summed E-state index contributed by atoms with van der Waals surface area (Å²) in [5, 5.41) is 0.0194. The van der Waals surface area contributed by atoms with Gasteiger partial charge in [-0.15, -0.1) is 0 Å². The van der Waals surface area contributed by atoms with E-state index in [2.05, 4.69) is 18.8 Å². The Kier molecular flexibility index (Phi) is 9.46. The van der Waals surface area contributed by atoms with Crippen molar-refractivity contribution in [2.45, 2.75) is 65.0 Å². The predicted molar refractivity (Wildman–Crippen MR) is 126 cm³/mol. The van der Waals surface area contributed by atoms with Gasteiger partial charge in [0.05, 0.1) is 30.8 Å². The lowest BCUT2D eigenvalue weighted by Gasteiger charge is -2.26. The Morgan fingerprint density at radius 2 is 1.78 bits per heavy atom. The molecule has 0 atom stereocenters. The topological polar surface area (TPSA) is 81.5 Å². The number of carbonyl (C=O) groups excluding carboxylic acids is 1. The third kappa shape index (κ3) is 7.45. The summed E-state index contributed by atoms with van der Waals surface area (Å²) in [6.45, 7) is 11.7. The van der Waals surface area contributed by atoms with Crippen molar-refractivity contribution in [2.24, 2.45) is 11.8 Å². The molecule has 32 heavy (non-hydrogen) atoms. The highest BCUT2D eigenvalue weighted by molar-refractivity contribution is 7.90. The van der Waals surface area contributed by atoms with Crippen molar-refractivity contribution >= 4 is 15.7 Å². The highest BCUT2D eigenvalue weighted by Crippen LogP contribution is 2.20. The second-order valence-electron chi connectivity index (χ2n) is 9.19. The summed E-state index contributed by atoms with van der Waals surface area (Å²) in [4.78, 5) is 18.9. The zero-order valence-electron chi connectivity index (χ0n) is 20.2. The van der Waals surface area contributed by atoms with Crippen LogP contribution in [-0.2, 0) is 38.2 Å². The first kappa shape index (κ1) is 26.1. The van der Waals surface area contributed by atoms with E-state index in [-0.39, 0.29) is 22.7 Å². The van der Waals surface area contributed by atoms with E-state index in [1.165, 1.54) is 0 Å². The Morgan fingerprint density at radius 1 is 1.12 bits per heavy atom. The van der Waals surface area contributed by atoms with Gasteiger partial charge in [0.2, 0.25) is 20.9 Å². The largest absolute Gasteiger partial charge is 0.383 e. The van der Waals surface area contributed by atoms with E-state index < -0.39 is 9.84 Å². The standard InChI is InChI=1S/C24H37N3O4S/c1-18(2)13-23(28)26(15-19(3)4)16-22-14-25-24(27(22)11-12-31-6)32(29,30)17-21-9-7-20(5)8-10-21/h7-10,14,18-19H,11-13,15-17H2,1-6H3. The maximum atomic E-state index is 13.2. The highest BCUT2D eigenvalue weighted by atomic mass is 32.2. The van der Waals surface area contributed by atoms with Gasteiger partial charge in [-0.2, -0.15) is 0 Å². The van der Waals surface area contributed by atoms with Gasteiger partial charge in [0.1, 0.15) is 0 Å². The fourth-order valence-electron chi connectivity index (χ4n) is 3.53. The van der Waals surface area contributed by atoms with Crippen molar-refractivity contribution in [3.05, 3.63) is 47.3 Å². The lowest BCUT2D eigenvalue weighted by molar-refractivity contribution is -0.133. The van der Waals surface area contributed by atoms with E-state index in [4.69, 9.17) is 4.74 Å². The SMILES string of the molecule is COCCn1c(CN(CC(C)C)C(=O)CC(C)C)cnc1S(=O)(=O)Cc1ccc(C)cc1. The van der Waals surface area contributed by atoms with Gasteiger partial charge in [-0.3, -0.25) is 4.79 Å². The van der Waals surface area contributed by atoms with E-state index in [1.807, 2.05) is 45.0 Å². The molecule has 1 aromatic heterocycles. The number of methoxy groups -OCH3 is 1. The summed E-state index contributed by atoms with van der Waals surface area (Å²) in [5.41, 5.74) is 2.49. The average molecular weight is 464 g/mol. The summed E-state index contributed by atoms with van der Waals surface area (Å²) < 4.78 is 33.3. The van der Waals surface area contributed by atoms with Crippen LogP contribution in [0.5, 0.6) is 0 Å². The van der Waals surface area contributed by atoms with Crippen LogP contribution in [0.3, 0.4) is 0 Å². The molecule has 2 rings (SSSR count). The Hall–Kier alpha value is -2.19. The van der Waals surface area contributed by atoms with Crippen LogP contribution in [0.4, 0.5) is 0 Å².